The smallest absolute Gasteiger partial charge is 0.140 e. The molecular weight excluding hydrogens is 197 g/mol. The standard InChI is InChI=1S/C10H14FN3O/c1-14(6-5-10(12)13-15)9-4-2-3-8(11)7-9/h2-4,7,15H,5-6H2,1H3,(H2,12,13). The minimum absolute atomic E-state index is 0.165. The number of hydrogen-bond acceptors (Lipinski definition) is 3. The van der Waals surface area contributed by atoms with Crippen molar-refractivity contribution in [3.63, 3.8) is 0 Å². The Bertz CT molecular complexity index is 354. The van der Waals surface area contributed by atoms with Gasteiger partial charge in [0.2, 0.25) is 0 Å². The van der Waals surface area contributed by atoms with Crippen molar-refractivity contribution in [1.82, 2.24) is 0 Å². The van der Waals surface area contributed by atoms with Crippen LogP contribution in [-0.2, 0) is 0 Å². The van der Waals surface area contributed by atoms with E-state index in [-0.39, 0.29) is 11.7 Å². The molecule has 3 N–H and O–H groups in total. The van der Waals surface area contributed by atoms with E-state index in [1.54, 1.807) is 12.1 Å². The van der Waals surface area contributed by atoms with Crippen molar-refractivity contribution in [3.8, 4) is 0 Å². The Kier molecular flexibility index (Phi) is 3.91. The molecule has 0 bridgehead atoms. The second-order valence-electron chi connectivity index (χ2n) is 3.24. The lowest BCUT2D eigenvalue weighted by Gasteiger charge is -2.18. The lowest BCUT2D eigenvalue weighted by atomic mass is 10.2. The van der Waals surface area contributed by atoms with Crippen molar-refractivity contribution in [1.29, 1.82) is 0 Å². The first-order chi connectivity index (χ1) is 7.13. The first-order valence-corrected chi connectivity index (χ1v) is 4.56. The molecule has 0 unspecified atom stereocenters. The Morgan fingerprint density at radius 1 is 1.60 bits per heavy atom. The molecule has 5 heteroatoms. The monoisotopic (exact) mass is 211 g/mol. The Balaban J connectivity index is 2.57. The number of nitrogens with zero attached hydrogens (tertiary/aromatic N) is 2. The lowest BCUT2D eigenvalue weighted by molar-refractivity contribution is 0.317. The quantitative estimate of drug-likeness (QED) is 0.342. The van der Waals surface area contributed by atoms with Gasteiger partial charge in [-0.05, 0) is 18.2 Å². The van der Waals surface area contributed by atoms with E-state index in [1.807, 2.05) is 11.9 Å². The fraction of sp³-hybridized carbons (Fsp3) is 0.300. The van der Waals surface area contributed by atoms with Crippen LogP contribution in [0.15, 0.2) is 29.4 Å². The van der Waals surface area contributed by atoms with E-state index in [2.05, 4.69) is 5.16 Å². The molecule has 0 aliphatic heterocycles. The van der Waals surface area contributed by atoms with E-state index in [0.717, 1.165) is 5.69 Å². The maximum absolute atomic E-state index is 12.9. The van der Waals surface area contributed by atoms with Gasteiger partial charge in [0, 0.05) is 25.7 Å². The molecule has 4 nitrogen and oxygen atoms in total. The highest BCUT2D eigenvalue weighted by Gasteiger charge is 2.02. The van der Waals surface area contributed by atoms with Crippen LogP contribution in [0.1, 0.15) is 6.42 Å². The zero-order valence-electron chi connectivity index (χ0n) is 8.52. The summed E-state index contributed by atoms with van der Waals surface area (Å²) in [6.07, 6.45) is 0.434. The van der Waals surface area contributed by atoms with Crippen LogP contribution in [0.3, 0.4) is 0 Å². The van der Waals surface area contributed by atoms with Crippen LogP contribution in [0.5, 0.6) is 0 Å². The second-order valence-corrected chi connectivity index (χ2v) is 3.24. The van der Waals surface area contributed by atoms with E-state index < -0.39 is 0 Å². The van der Waals surface area contributed by atoms with E-state index in [0.29, 0.717) is 13.0 Å². The third kappa shape index (κ3) is 3.46. The first kappa shape index (κ1) is 11.3. The van der Waals surface area contributed by atoms with Crippen molar-refractivity contribution in [2.24, 2.45) is 10.9 Å². The number of anilines is 1. The maximum atomic E-state index is 12.9. The van der Waals surface area contributed by atoms with E-state index in [4.69, 9.17) is 10.9 Å². The third-order valence-electron chi connectivity index (χ3n) is 2.08. The predicted molar refractivity (Wildman–Crippen MR) is 57.7 cm³/mol. The fourth-order valence-corrected chi connectivity index (χ4v) is 1.17. The summed E-state index contributed by atoms with van der Waals surface area (Å²) >= 11 is 0. The summed E-state index contributed by atoms with van der Waals surface area (Å²) in [5.41, 5.74) is 6.09. The van der Waals surface area contributed by atoms with Crippen molar-refractivity contribution >= 4 is 11.5 Å². The van der Waals surface area contributed by atoms with Gasteiger partial charge in [0.15, 0.2) is 0 Å². The third-order valence-corrected chi connectivity index (χ3v) is 2.08. The van der Waals surface area contributed by atoms with E-state index in [1.165, 1.54) is 12.1 Å². The second kappa shape index (κ2) is 5.19. The topological polar surface area (TPSA) is 61.8 Å². The van der Waals surface area contributed by atoms with Gasteiger partial charge in [-0.1, -0.05) is 11.2 Å². The Morgan fingerprint density at radius 2 is 2.33 bits per heavy atom. The molecule has 1 aromatic rings. The molecule has 0 atom stereocenters. The average molecular weight is 211 g/mol. The van der Waals surface area contributed by atoms with Crippen LogP contribution in [0, 0.1) is 5.82 Å². The first-order valence-electron chi connectivity index (χ1n) is 4.56. The molecule has 0 amide bonds. The van der Waals surface area contributed by atoms with Gasteiger partial charge in [-0.2, -0.15) is 0 Å². The molecule has 0 heterocycles. The molecule has 15 heavy (non-hydrogen) atoms. The van der Waals surface area contributed by atoms with Gasteiger partial charge < -0.3 is 15.8 Å². The summed E-state index contributed by atoms with van der Waals surface area (Å²) in [5.74, 6) is -0.110. The fourth-order valence-electron chi connectivity index (χ4n) is 1.17. The highest BCUT2D eigenvalue weighted by molar-refractivity contribution is 5.80. The minimum atomic E-state index is -0.275. The molecule has 0 radical (unpaired) electrons. The summed E-state index contributed by atoms with van der Waals surface area (Å²) in [6.45, 7) is 0.569. The van der Waals surface area contributed by atoms with Gasteiger partial charge in [0.05, 0.1) is 0 Å². The number of oxime groups is 1. The Hall–Kier alpha value is -1.78. The van der Waals surface area contributed by atoms with E-state index in [9.17, 15) is 4.39 Å². The van der Waals surface area contributed by atoms with Gasteiger partial charge in [-0.15, -0.1) is 0 Å². The minimum Gasteiger partial charge on any atom is -0.409 e. The van der Waals surface area contributed by atoms with Crippen LogP contribution in [0.2, 0.25) is 0 Å². The van der Waals surface area contributed by atoms with Gasteiger partial charge in [0.1, 0.15) is 11.7 Å². The van der Waals surface area contributed by atoms with Gasteiger partial charge in [0.25, 0.3) is 0 Å². The summed E-state index contributed by atoms with van der Waals surface area (Å²) < 4.78 is 12.9. The summed E-state index contributed by atoms with van der Waals surface area (Å²) in [7, 11) is 1.82. The number of amidine groups is 1. The Morgan fingerprint density at radius 3 is 2.93 bits per heavy atom. The predicted octanol–water partition coefficient (Wildman–Crippen LogP) is 1.40. The van der Waals surface area contributed by atoms with E-state index >= 15 is 0 Å². The number of rotatable bonds is 4. The molecule has 0 aromatic heterocycles. The molecule has 1 aromatic carbocycles. The Labute approximate surface area is 87.8 Å². The zero-order chi connectivity index (χ0) is 11.3. The molecule has 0 aliphatic carbocycles. The summed E-state index contributed by atoms with van der Waals surface area (Å²) in [4.78, 5) is 1.83. The molecule has 0 aliphatic rings. The molecule has 0 saturated heterocycles. The zero-order valence-corrected chi connectivity index (χ0v) is 8.52. The number of hydrogen-bond donors (Lipinski definition) is 2. The van der Waals surface area contributed by atoms with Gasteiger partial charge in [-0.25, -0.2) is 4.39 Å². The maximum Gasteiger partial charge on any atom is 0.140 e. The normalized spacial score (nSPS) is 11.5. The molecule has 0 spiro atoms. The SMILES string of the molecule is CN(CCC(N)=NO)c1cccc(F)c1. The number of halogens is 1. The number of benzene rings is 1. The molecular formula is C10H14FN3O. The molecule has 0 saturated carbocycles. The largest absolute Gasteiger partial charge is 0.409 e. The summed E-state index contributed by atoms with van der Waals surface area (Å²) in [6, 6.07) is 6.27. The van der Waals surface area contributed by atoms with Crippen LogP contribution in [0.4, 0.5) is 10.1 Å². The van der Waals surface area contributed by atoms with Crippen LogP contribution in [0.25, 0.3) is 0 Å². The van der Waals surface area contributed by atoms with Gasteiger partial charge in [-0.3, -0.25) is 0 Å². The average Bonchev–Trinajstić information content (AvgIpc) is 2.25. The van der Waals surface area contributed by atoms with Crippen molar-refractivity contribution in [2.45, 2.75) is 6.42 Å². The summed E-state index contributed by atoms with van der Waals surface area (Å²) in [5, 5.41) is 11.2. The van der Waals surface area contributed by atoms with Gasteiger partial charge >= 0.3 is 0 Å². The van der Waals surface area contributed by atoms with Crippen molar-refractivity contribution < 1.29 is 9.60 Å². The van der Waals surface area contributed by atoms with Crippen molar-refractivity contribution in [3.05, 3.63) is 30.1 Å². The van der Waals surface area contributed by atoms with Crippen LogP contribution >= 0.6 is 0 Å². The van der Waals surface area contributed by atoms with Crippen LogP contribution in [-0.4, -0.2) is 24.6 Å². The highest BCUT2D eigenvalue weighted by Crippen LogP contribution is 2.13. The molecule has 1 rings (SSSR count). The molecule has 82 valence electrons. The number of nitrogens with two attached hydrogens (primary N) is 1. The van der Waals surface area contributed by atoms with Crippen molar-refractivity contribution in [2.75, 3.05) is 18.5 Å². The van der Waals surface area contributed by atoms with Crippen LogP contribution < -0.4 is 10.6 Å². The molecule has 0 fully saturated rings. The highest BCUT2D eigenvalue weighted by atomic mass is 19.1. The lowest BCUT2D eigenvalue weighted by Crippen LogP contribution is -2.24.